The summed E-state index contributed by atoms with van der Waals surface area (Å²) >= 11 is 0. The van der Waals surface area contributed by atoms with Crippen molar-refractivity contribution in [1.29, 1.82) is 0 Å². The minimum atomic E-state index is -0.0889. The van der Waals surface area contributed by atoms with E-state index in [0.29, 0.717) is 29.6 Å². The lowest BCUT2D eigenvalue weighted by Crippen LogP contribution is -2.46. The number of nitrogens with one attached hydrogen (secondary N) is 1. The molecule has 8 nitrogen and oxygen atoms in total. The molecule has 26 heavy (non-hydrogen) atoms. The highest BCUT2D eigenvalue weighted by Gasteiger charge is 2.20. The van der Waals surface area contributed by atoms with Gasteiger partial charge in [-0.3, -0.25) is 9.69 Å². The number of hydrogen-bond acceptors (Lipinski definition) is 7. The Kier molecular flexibility index (Phi) is 4.49. The number of para-hydroxylation sites is 1. The molecule has 2 aromatic heterocycles. The van der Waals surface area contributed by atoms with Crippen molar-refractivity contribution in [2.45, 2.75) is 6.54 Å². The fourth-order valence-corrected chi connectivity index (χ4v) is 3.13. The van der Waals surface area contributed by atoms with E-state index in [1.807, 2.05) is 18.2 Å². The fourth-order valence-electron chi connectivity index (χ4n) is 3.13. The maximum atomic E-state index is 12.2. The maximum absolute atomic E-state index is 12.2. The largest absolute Gasteiger partial charge is 0.481 e. The molecule has 0 aliphatic carbocycles. The molecule has 1 aromatic carbocycles. The molecule has 8 heteroatoms. The second-order valence-electron chi connectivity index (χ2n) is 6.19. The van der Waals surface area contributed by atoms with Crippen LogP contribution in [0.1, 0.15) is 5.82 Å². The number of benzene rings is 1. The Morgan fingerprint density at radius 2 is 1.92 bits per heavy atom. The van der Waals surface area contributed by atoms with Crippen molar-refractivity contribution >= 4 is 16.9 Å². The normalized spacial score (nSPS) is 15.3. The van der Waals surface area contributed by atoms with Crippen molar-refractivity contribution in [2.75, 3.05) is 38.2 Å². The molecule has 0 spiro atoms. The number of anilines is 1. The molecule has 4 rings (SSSR count). The number of H-pyrrole nitrogens is 1. The van der Waals surface area contributed by atoms with Gasteiger partial charge in [0.15, 0.2) is 0 Å². The van der Waals surface area contributed by atoms with Gasteiger partial charge in [-0.1, -0.05) is 12.1 Å². The maximum Gasteiger partial charge on any atom is 0.258 e. The van der Waals surface area contributed by atoms with E-state index in [9.17, 15) is 4.79 Å². The lowest BCUT2D eigenvalue weighted by atomic mass is 10.2. The summed E-state index contributed by atoms with van der Waals surface area (Å²) in [5, 5.41) is 0.622. The number of methoxy groups -OCH3 is 1. The van der Waals surface area contributed by atoms with Crippen molar-refractivity contribution in [3.63, 3.8) is 0 Å². The molecule has 1 N–H and O–H groups in total. The minimum Gasteiger partial charge on any atom is -0.481 e. The van der Waals surface area contributed by atoms with Gasteiger partial charge in [0.05, 0.1) is 24.6 Å². The van der Waals surface area contributed by atoms with Crippen molar-refractivity contribution in [2.24, 2.45) is 0 Å². The van der Waals surface area contributed by atoms with Gasteiger partial charge in [0.1, 0.15) is 5.82 Å². The number of fused-ring (bicyclic) bond motifs is 1. The van der Waals surface area contributed by atoms with Gasteiger partial charge in [-0.25, -0.2) is 9.97 Å². The van der Waals surface area contributed by atoms with Crippen LogP contribution < -0.4 is 15.2 Å². The van der Waals surface area contributed by atoms with Crippen LogP contribution in [0, 0.1) is 0 Å². The number of aromatic nitrogens is 4. The standard InChI is InChI=1S/C18H20N6O2/c1-26-16-6-7-19-18(22-16)24-10-8-23(9-11-24)12-15-20-14-5-3-2-4-13(14)17(25)21-15/h2-7H,8-12H2,1H3,(H,20,21,25). The van der Waals surface area contributed by atoms with Crippen LogP contribution in [0.25, 0.3) is 10.9 Å². The fraction of sp³-hybridized carbons (Fsp3) is 0.333. The van der Waals surface area contributed by atoms with Crippen LogP contribution >= 0.6 is 0 Å². The van der Waals surface area contributed by atoms with Crippen molar-refractivity contribution in [3.8, 4) is 5.88 Å². The minimum absolute atomic E-state index is 0.0889. The molecule has 0 atom stereocenters. The molecule has 1 saturated heterocycles. The van der Waals surface area contributed by atoms with Crippen LogP contribution in [0.15, 0.2) is 41.3 Å². The highest BCUT2D eigenvalue weighted by molar-refractivity contribution is 5.77. The summed E-state index contributed by atoms with van der Waals surface area (Å²) in [6, 6.07) is 9.13. The number of piperazine rings is 1. The van der Waals surface area contributed by atoms with E-state index in [-0.39, 0.29) is 5.56 Å². The molecule has 0 radical (unpaired) electrons. The van der Waals surface area contributed by atoms with Gasteiger partial charge in [-0.2, -0.15) is 4.98 Å². The van der Waals surface area contributed by atoms with Crippen LogP contribution in [-0.2, 0) is 6.54 Å². The highest BCUT2D eigenvalue weighted by atomic mass is 16.5. The van der Waals surface area contributed by atoms with Gasteiger partial charge in [0.25, 0.3) is 5.56 Å². The van der Waals surface area contributed by atoms with Crippen LogP contribution in [0.4, 0.5) is 5.95 Å². The third kappa shape index (κ3) is 3.36. The first-order valence-corrected chi connectivity index (χ1v) is 8.55. The van der Waals surface area contributed by atoms with Gasteiger partial charge in [-0.15, -0.1) is 0 Å². The molecule has 1 fully saturated rings. The molecule has 1 aliphatic heterocycles. The number of ether oxygens (including phenoxy) is 1. The monoisotopic (exact) mass is 352 g/mol. The van der Waals surface area contributed by atoms with Crippen molar-refractivity contribution in [1.82, 2.24) is 24.8 Å². The highest BCUT2D eigenvalue weighted by Crippen LogP contribution is 2.15. The SMILES string of the molecule is COc1ccnc(N2CCN(Cc3nc4ccccc4c(=O)[nH]3)CC2)n1. The Hall–Kier alpha value is -3.00. The second kappa shape index (κ2) is 7.09. The molecule has 3 heterocycles. The zero-order valence-electron chi connectivity index (χ0n) is 14.6. The number of aromatic amines is 1. The Morgan fingerprint density at radius 3 is 2.73 bits per heavy atom. The van der Waals surface area contributed by atoms with E-state index in [1.54, 1.807) is 25.4 Å². The first-order chi connectivity index (χ1) is 12.7. The van der Waals surface area contributed by atoms with E-state index in [2.05, 4.69) is 29.7 Å². The topological polar surface area (TPSA) is 87.2 Å². The Morgan fingerprint density at radius 1 is 1.12 bits per heavy atom. The number of hydrogen-bond donors (Lipinski definition) is 1. The number of nitrogens with zero attached hydrogens (tertiary/aromatic N) is 5. The third-order valence-corrected chi connectivity index (χ3v) is 4.52. The molecule has 0 bridgehead atoms. The summed E-state index contributed by atoms with van der Waals surface area (Å²) in [7, 11) is 1.60. The van der Waals surface area contributed by atoms with Gasteiger partial charge in [0.2, 0.25) is 11.8 Å². The second-order valence-corrected chi connectivity index (χ2v) is 6.19. The van der Waals surface area contributed by atoms with Gasteiger partial charge >= 0.3 is 0 Å². The summed E-state index contributed by atoms with van der Waals surface area (Å²) in [5.74, 6) is 1.94. The van der Waals surface area contributed by atoms with E-state index in [1.165, 1.54) is 0 Å². The molecule has 0 saturated carbocycles. The van der Waals surface area contributed by atoms with Crippen molar-refractivity contribution in [3.05, 3.63) is 52.7 Å². The van der Waals surface area contributed by atoms with E-state index < -0.39 is 0 Å². The molecule has 134 valence electrons. The summed E-state index contributed by atoms with van der Waals surface area (Å²) in [6.07, 6.45) is 1.71. The van der Waals surface area contributed by atoms with Crippen LogP contribution in [0.5, 0.6) is 5.88 Å². The van der Waals surface area contributed by atoms with E-state index >= 15 is 0 Å². The predicted octanol–water partition coefficient (Wildman–Crippen LogP) is 1.04. The smallest absolute Gasteiger partial charge is 0.258 e. The van der Waals surface area contributed by atoms with Gasteiger partial charge in [-0.05, 0) is 12.1 Å². The Bertz CT molecular complexity index is 965. The zero-order chi connectivity index (χ0) is 17.9. The quantitative estimate of drug-likeness (QED) is 0.751. The number of rotatable bonds is 4. The Labute approximate surface area is 150 Å². The molecule has 1 aliphatic rings. The molecule has 3 aromatic rings. The molecular weight excluding hydrogens is 332 g/mol. The first kappa shape index (κ1) is 16.5. The molecule has 0 amide bonds. The van der Waals surface area contributed by atoms with Crippen LogP contribution in [0.3, 0.4) is 0 Å². The van der Waals surface area contributed by atoms with Gasteiger partial charge in [0, 0.05) is 38.4 Å². The van der Waals surface area contributed by atoms with Crippen LogP contribution in [-0.4, -0.2) is 58.1 Å². The zero-order valence-corrected chi connectivity index (χ0v) is 14.6. The first-order valence-electron chi connectivity index (χ1n) is 8.55. The predicted molar refractivity (Wildman–Crippen MR) is 98.4 cm³/mol. The summed E-state index contributed by atoms with van der Waals surface area (Å²) < 4.78 is 5.16. The average molecular weight is 352 g/mol. The third-order valence-electron chi connectivity index (χ3n) is 4.52. The van der Waals surface area contributed by atoms with Crippen LogP contribution in [0.2, 0.25) is 0 Å². The summed E-state index contributed by atoms with van der Waals surface area (Å²) in [6.45, 7) is 3.93. The van der Waals surface area contributed by atoms with Crippen molar-refractivity contribution < 1.29 is 4.74 Å². The lowest BCUT2D eigenvalue weighted by molar-refractivity contribution is 0.243. The van der Waals surface area contributed by atoms with E-state index in [4.69, 9.17) is 4.74 Å². The summed E-state index contributed by atoms with van der Waals surface area (Å²) in [5.41, 5.74) is 0.642. The van der Waals surface area contributed by atoms with E-state index in [0.717, 1.165) is 31.7 Å². The molecular formula is C18H20N6O2. The molecule has 0 unspecified atom stereocenters. The van der Waals surface area contributed by atoms with Gasteiger partial charge < -0.3 is 14.6 Å². The average Bonchev–Trinajstić information content (AvgIpc) is 2.69. The Balaban J connectivity index is 1.43. The lowest BCUT2D eigenvalue weighted by Gasteiger charge is -2.34. The summed E-state index contributed by atoms with van der Waals surface area (Å²) in [4.78, 5) is 32.8.